The lowest BCUT2D eigenvalue weighted by molar-refractivity contribution is 0.0564. The number of aromatic amines is 3. The Morgan fingerprint density at radius 2 is 0.878 bits per heavy atom. The summed E-state index contributed by atoms with van der Waals surface area (Å²) in [5, 5.41) is 31.8. The molecule has 0 saturated heterocycles. The number of carbonyl (C=O) groups is 2. The molecular weight excluding hydrogens is 1970 g/mol. The maximum atomic E-state index is 14.2. The number of pyridine rings is 5. The third-order valence-corrected chi connectivity index (χ3v) is 23.2. The van der Waals surface area contributed by atoms with Crippen LogP contribution in [0.2, 0.25) is 0 Å². The maximum Gasteiger partial charge on any atom is 0.416 e. The predicted molar refractivity (Wildman–Crippen MR) is 538 cm³/mol. The Morgan fingerprint density at radius 3 is 1.34 bits per heavy atom. The monoisotopic (exact) mass is 2050 g/mol. The largest absolute Gasteiger partial charge is 0.443 e. The summed E-state index contributed by atoms with van der Waals surface area (Å²) in [6.07, 6.45) is 25.5. The van der Waals surface area contributed by atoms with Gasteiger partial charge in [0.15, 0.2) is 33.9 Å². The number of H-pyrrole nitrogens is 3. The molecule has 0 bridgehead atoms. The fourth-order valence-corrected chi connectivity index (χ4v) is 15.9. The number of anilines is 5. The smallest absolute Gasteiger partial charge is 0.416 e. The molecule has 0 radical (unpaired) electrons. The molecule has 6 N–H and O–H groups in total. The predicted octanol–water partition coefficient (Wildman–Crippen LogP) is 21.1. The Labute approximate surface area is 819 Å². The van der Waals surface area contributed by atoms with Gasteiger partial charge in [0.25, 0.3) is 0 Å². The van der Waals surface area contributed by atoms with Crippen LogP contribution in [0.3, 0.4) is 0 Å². The summed E-state index contributed by atoms with van der Waals surface area (Å²) >= 11 is 10.5. The first-order valence-electron chi connectivity index (χ1n) is 44.1. The molecule has 1 aliphatic rings. The third kappa shape index (κ3) is 24.6. The normalized spacial score (nSPS) is 12.0. The average Bonchev–Trinajstić information content (AvgIpc) is 1.74. The number of halogens is 5. The molecule has 0 spiro atoms. The summed E-state index contributed by atoms with van der Waals surface area (Å²) in [7, 11) is 0. The van der Waals surface area contributed by atoms with E-state index in [-0.39, 0.29) is 41.4 Å². The van der Waals surface area contributed by atoms with Crippen LogP contribution < -0.4 is 42.4 Å². The number of aromatic nitrogens is 20. The molecule has 33 nitrogen and oxygen atoms in total. The molecule has 19 aromatic rings. The lowest BCUT2D eigenvalue weighted by Crippen LogP contribution is -2.37. The number of carbonyl (C=O) groups excluding carboxylic acids is 2. The molecule has 0 aliphatic heterocycles. The van der Waals surface area contributed by atoms with Gasteiger partial charge in [-0.2, -0.15) is 48.1 Å². The van der Waals surface area contributed by atoms with Crippen LogP contribution in [-0.2, 0) is 42.2 Å². The minimum atomic E-state index is -0.680. The van der Waals surface area contributed by atoms with E-state index < -0.39 is 23.4 Å². The molecule has 139 heavy (non-hydrogen) atoms. The fourth-order valence-electron chi connectivity index (χ4n) is 14.9. The molecule has 15 heterocycles. The number of hydrogen-bond acceptors (Lipinski definition) is 22. The van der Waals surface area contributed by atoms with Gasteiger partial charge in [-0.3, -0.25) is 34.2 Å². The molecule has 2 amide bonds. The summed E-state index contributed by atoms with van der Waals surface area (Å²) in [5.74, 6) is 3.23. The van der Waals surface area contributed by atoms with Gasteiger partial charge in [-0.05, 0) is 190 Å². The van der Waals surface area contributed by atoms with Crippen LogP contribution in [-0.4, -0.2) is 121 Å². The number of hydrogen-bond donors (Lipinski definition) is 6. The van der Waals surface area contributed by atoms with Crippen molar-refractivity contribution in [2.75, 3.05) is 25.8 Å². The van der Waals surface area contributed by atoms with E-state index in [0.29, 0.717) is 92.8 Å². The molecule has 0 unspecified atom stereocenters. The van der Waals surface area contributed by atoms with Crippen molar-refractivity contribution < 1.29 is 27.8 Å². The van der Waals surface area contributed by atoms with Crippen molar-refractivity contribution in [3.05, 3.63) is 382 Å². The minimum absolute atomic E-state index is 0.0920. The van der Waals surface area contributed by atoms with Crippen molar-refractivity contribution in [1.29, 1.82) is 0 Å². The van der Waals surface area contributed by atoms with E-state index >= 15 is 0 Å². The zero-order chi connectivity index (χ0) is 97.3. The van der Waals surface area contributed by atoms with Crippen LogP contribution in [0, 0.1) is 18.2 Å². The van der Waals surface area contributed by atoms with E-state index in [2.05, 4.69) is 140 Å². The van der Waals surface area contributed by atoms with Crippen molar-refractivity contribution in [2.24, 2.45) is 0 Å². The molecule has 0 atom stereocenters. The minimum Gasteiger partial charge on any atom is -0.443 e. The number of amides is 2. The Kier molecular flexibility index (Phi) is 30.2. The Bertz CT molecular complexity index is 7750. The Morgan fingerprint density at radius 1 is 0.439 bits per heavy atom. The van der Waals surface area contributed by atoms with Crippen molar-refractivity contribution in [3.8, 4) is 45.0 Å². The molecule has 1 fully saturated rings. The molecule has 20 rings (SSSR count). The van der Waals surface area contributed by atoms with Crippen LogP contribution >= 0.6 is 47.8 Å². The highest BCUT2D eigenvalue weighted by atomic mass is 79.9. The van der Waals surface area contributed by atoms with Gasteiger partial charge in [-0.1, -0.05) is 110 Å². The van der Waals surface area contributed by atoms with Gasteiger partial charge in [0.2, 0.25) is 16.7 Å². The highest BCUT2D eigenvalue weighted by Crippen LogP contribution is 2.37. The van der Waals surface area contributed by atoms with Crippen LogP contribution in [0.15, 0.2) is 308 Å². The second-order valence-corrected chi connectivity index (χ2v) is 36.5. The first kappa shape index (κ1) is 96.0. The van der Waals surface area contributed by atoms with Crippen molar-refractivity contribution in [3.63, 3.8) is 0 Å². The summed E-state index contributed by atoms with van der Waals surface area (Å²) < 4.78 is 49.8. The number of fused-ring (bicyclic) bond motifs is 5. The van der Waals surface area contributed by atoms with E-state index in [9.17, 15) is 32.8 Å². The van der Waals surface area contributed by atoms with E-state index in [1.807, 2.05) is 125 Å². The average molecular weight is 2060 g/mol. The topological polar surface area (TPSA) is 375 Å². The standard InChI is InChI=1S/C24H22N6O2.C23H22FN5O2.C18H13BrFN5O.C18H20BrN5O.C18H14BrN5O/c1-24(2,3)32-23(31)29(16-17-7-6-11-26-15-17)22-14-20(28-21-10-12-27-30(21)22)18-8-5-9-19(13-18)25-4;1-23(2,3)31-22(30)28(15-16-5-4-11-25-14-16)21-13-19(17-6-8-18(24)9-7-17)27-20-10-12-26-29(20)21;19-13-10-23-25-16(21-8-11-5-6-17(26)22-9-11)7-15(24-18(13)25)12-3-1-2-4-14(12)20;2*19-14-11-22-24-16(20-9-12-6-7-17(25)21-10-12)8-15(23-18(14)24)13-4-2-1-3-5-13/h5-15H,16H2,1-3H3;4-14H,15H2,1-3H3;1-7,9-10,21H,8H2,(H,22,26);6-8,10-11,13,20H,1-5,9H2,(H,21,25);1-8,10-11,20H,9H2,(H,21,25). The lowest BCUT2D eigenvalue weighted by atomic mass is 9.87. The Hall–Kier alpha value is -16.1. The highest BCUT2D eigenvalue weighted by molar-refractivity contribution is 9.11. The van der Waals surface area contributed by atoms with Crippen LogP contribution in [0.5, 0.6) is 0 Å². The quantitative estimate of drug-likeness (QED) is 0.0386. The van der Waals surface area contributed by atoms with Crippen LogP contribution in [0.1, 0.15) is 113 Å². The molecule has 15 aromatic heterocycles. The summed E-state index contributed by atoms with van der Waals surface area (Å²) in [4.78, 5) is 106. The van der Waals surface area contributed by atoms with E-state index in [0.717, 1.165) is 87.8 Å². The zero-order valence-electron chi connectivity index (χ0n) is 75.9. The van der Waals surface area contributed by atoms with Gasteiger partial charge in [-0.15, -0.1) is 0 Å². The van der Waals surface area contributed by atoms with Gasteiger partial charge < -0.3 is 40.4 Å². The van der Waals surface area contributed by atoms with E-state index in [1.165, 1.54) is 78.3 Å². The third-order valence-electron chi connectivity index (χ3n) is 21.5. The molecule has 38 heteroatoms. The van der Waals surface area contributed by atoms with Crippen molar-refractivity contribution in [1.82, 2.24) is 97.9 Å². The van der Waals surface area contributed by atoms with Crippen molar-refractivity contribution >= 4 is 123 Å². The van der Waals surface area contributed by atoms with Gasteiger partial charge >= 0.3 is 12.2 Å². The van der Waals surface area contributed by atoms with E-state index in [4.69, 9.17) is 26.0 Å². The van der Waals surface area contributed by atoms with Crippen LogP contribution in [0.4, 0.5) is 53.1 Å². The highest BCUT2D eigenvalue weighted by Gasteiger charge is 2.30. The molecule has 1 saturated carbocycles. The summed E-state index contributed by atoms with van der Waals surface area (Å²) in [6.45, 7) is 20.3. The first-order chi connectivity index (χ1) is 67.2. The van der Waals surface area contributed by atoms with Gasteiger partial charge in [0.1, 0.15) is 51.9 Å². The maximum absolute atomic E-state index is 14.2. The molecule has 1 aliphatic carbocycles. The summed E-state index contributed by atoms with van der Waals surface area (Å²) in [5.41, 5.74) is 13.3. The van der Waals surface area contributed by atoms with Gasteiger partial charge in [0, 0.05) is 152 Å². The second-order valence-electron chi connectivity index (χ2n) is 34.0. The Balaban J connectivity index is 0.000000126. The number of rotatable bonds is 20. The van der Waals surface area contributed by atoms with Gasteiger partial charge in [0.05, 0.1) is 86.8 Å². The molecule has 702 valence electrons. The number of ether oxygens (including phenoxy) is 2. The zero-order valence-corrected chi connectivity index (χ0v) is 80.7. The van der Waals surface area contributed by atoms with E-state index in [1.54, 1.807) is 177 Å². The second kappa shape index (κ2) is 43.7. The fraction of sp³-hybridized carbons (Fsp3) is 0.188. The first-order valence-corrected chi connectivity index (χ1v) is 46.4. The molecule has 4 aromatic carbocycles. The van der Waals surface area contributed by atoms with Gasteiger partial charge in [-0.25, -0.2) is 48.1 Å². The number of nitrogens with zero attached hydrogens (tertiary/aromatic N) is 20. The van der Waals surface area contributed by atoms with Crippen molar-refractivity contribution in [2.45, 2.75) is 123 Å². The number of benzene rings is 4. The SMILES string of the molecule is CC(C)(C)OC(=O)N(Cc1cccnc1)c1cc(-c2ccc(F)cc2)nc2ccnn12.O=c1ccc(CNc2cc(-c3ccccc3)nc3c(Br)cnn23)c[nH]1.O=c1ccc(CNc2cc(-c3ccccc3F)nc3c(Br)cnn23)c[nH]1.O=c1ccc(CNc2cc(C3CCCCC3)nc3c(Br)cnn23)c[nH]1.[C-]#[N+]c1cccc(-c2cc(N(Cc3cccnc3)C(=O)OC(C)(C)C)n3nccc3n2)c1. The number of nitrogens with one attached hydrogen (secondary N) is 6. The summed E-state index contributed by atoms with van der Waals surface area (Å²) in [6, 6.07) is 59.9. The van der Waals surface area contributed by atoms with Crippen LogP contribution in [0.25, 0.3) is 78.1 Å². The lowest BCUT2D eigenvalue weighted by Gasteiger charge is -2.28. The molecular formula is C101H91Br3F2N26O7.